The van der Waals surface area contributed by atoms with Crippen molar-refractivity contribution in [3.05, 3.63) is 40.7 Å². The number of carbonyl (C=O) groups is 1. The molecule has 134 valence electrons. The standard InChI is InChI=1S/C16H16F3N3O3/c1-8-14-11(7-13(23)24-2)20-21-22(14)12-6-9(16(17,18)19)4-5-10(12)15(8)25-3/h4-6,8,15H,7H2,1-3H3/t8-,15+/m0/s1. The summed E-state index contributed by atoms with van der Waals surface area (Å²) in [5, 5.41) is 7.93. The number of fused-ring (bicyclic) bond motifs is 3. The second kappa shape index (κ2) is 6.14. The Balaban J connectivity index is 2.18. The van der Waals surface area contributed by atoms with Gasteiger partial charge in [-0.15, -0.1) is 5.10 Å². The molecule has 0 fully saturated rings. The number of aromatic nitrogens is 3. The molecular formula is C16H16F3N3O3. The van der Waals surface area contributed by atoms with Crippen molar-refractivity contribution in [2.24, 2.45) is 0 Å². The van der Waals surface area contributed by atoms with Crippen molar-refractivity contribution < 1.29 is 27.4 Å². The maximum Gasteiger partial charge on any atom is 0.416 e. The molecule has 2 aromatic rings. The molecule has 0 unspecified atom stereocenters. The number of halogens is 3. The van der Waals surface area contributed by atoms with E-state index in [4.69, 9.17) is 4.74 Å². The second-order valence-electron chi connectivity index (χ2n) is 5.80. The average molecular weight is 355 g/mol. The van der Waals surface area contributed by atoms with Crippen LogP contribution in [0.4, 0.5) is 13.2 Å². The Hall–Kier alpha value is -2.42. The van der Waals surface area contributed by atoms with Gasteiger partial charge in [0.25, 0.3) is 0 Å². The zero-order valence-electron chi connectivity index (χ0n) is 13.8. The summed E-state index contributed by atoms with van der Waals surface area (Å²) in [6, 6.07) is 3.44. The molecular weight excluding hydrogens is 339 g/mol. The first-order chi connectivity index (χ1) is 11.8. The number of nitrogens with zero attached hydrogens (tertiary/aromatic N) is 3. The number of methoxy groups -OCH3 is 2. The van der Waals surface area contributed by atoms with E-state index in [-0.39, 0.29) is 18.0 Å². The number of rotatable bonds is 3. The Morgan fingerprint density at radius 3 is 2.64 bits per heavy atom. The Morgan fingerprint density at radius 2 is 2.04 bits per heavy atom. The number of esters is 1. The molecule has 3 rings (SSSR count). The fraction of sp³-hybridized carbons (Fsp3) is 0.438. The van der Waals surface area contributed by atoms with Gasteiger partial charge in [0.2, 0.25) is 0 Å². The molecule has 6 nitrogen and oxygen atoms in total. The van der Waals surface area contributed by atoms with Gasteiger partial charge in [-0.3, -0.25) is 4.79 Å². The summed E-state index contributed by atoms with van der Waals surface area (Å²) in [6.07, 6.45) is -5.06. The van der Waals surface area contributed by atoms with Gasteiger partial charge in [0.05, 0.1) is 42.3 Å². The third kappa shape index (κ3) is 2.88. The van der Waals surface area contributed by atoms with E-state index in [0.29, 0.717) is 17.0 Å². The molecule has 25 heavy (non-hydrogen) atoms. The molecule has 0 spiro atoms. The van der Waals surface area contributed by atoms with E-state index in [9.17, 15) is 18.0 Å². The highest BCUT2D eigenvalue weighted by Crippen LogP contribution is 2.44. The minimum absolute atomic E-state index is 0.110. The van der Waals surface area contributed by atoms with Crippen LogP contribution in [0.1, 0.15) is 41.5 Å². The summed E-state index contributed by atoms with van der Waals surface area (Å²) in [4.78, 5) is 11.6. The molecule has 2 atom stereocenters. The van der Waals surface area contributed by atoms with Gasteiger partial charge in [0.15, 0.2) is 0 Å². The van der Waals surface area contributed by atoms with Gasteiger partial charge < -0.3 is 9.47 Å². The number of carbonyl (C=O) groups excluding carboxylic acids is 1. The fourth-order valence-electron chi connectivity index (χ4n) is 3.18. The molecule has 1 aliphatic heterocycles. The zero-order chi connectivity index (χ0) is 18.4. The lowest BCUT2D eigenvalue weighted by atomic mass is 9.87. The molecule has 1 aromatic heterocycles. The largest absolute Gasteiger partial charge is 0.469 e. The second-order valence-corrected chi connectivity index (χ2v) is 5.80. The average Bonchev–Trinajstić information content (AvgIpc) is 2.98. The van der Waals surface area contributed by atoms with Crippen molar-refractivity contribution in [3.63, 3.8) is 0 Å². The van der Waals surface area contributed by atoms with Crippen molar-refractivity contribution in [3.8, 4) is 5.69 Å². The summed E-state index contributed by atoms with van der Waals surface area (Å²) in [6.45, 7) is 1.85. The van der Waals surface area contributed by atoms with Gasteiger partial charge in [-0.25, -0.2) is 4.68 Å². The van der Waals surface area contributed by atoms with E-state index in [1.54, 1.807) is 0 Å². The third-order valence-electron chi connectivity index (χ3n) is 4.35. The van der Waals surface area contributed by atoms with Crippen LogP contribution in [-0.4, -0.2) is 35.2 Å². The molecule has 0 aliphatic carbocycles. The summed E-state index contributed by atoms with van der Waals surface area (Å²) in [5.74, 6) is -0.747. The van der Waals surface area contributed by atoms with Crippen LogP contribution in [0.25, 0.3) is 5.69 Å². The minimum Gasteiger partial charge on any atom is -0.469 e. The number of benzene rings is 1. The Labute approximate surface area is 141 Å². The normalized spacial score (nSPS) is 19.3. The first kappa shape index (κ1) is 17.4. The summed E-state index contributed by atoms with van der Waals surface area (Å²) in [7, 11) is 2.74. The van der Waals surface area contributed by atoms with E-state index in [0.717, 1.165) is 12.1 Å². The molecule has 9 heteroatoms. The minimum atomic E-state index is -4.48. The first-order valence-electron chi connectivity index (χ1n) is 7.53. The molecule has 0 saturated carbocycles. The predicted octanol–water partition coefficient (Wildman–Crippen LogP) is 2.81. The monoisotopic (exact) mass is 355 g/mol. The van der Waals surface area contributed by atoms with Gasteiger partial charge in [-0.1, -0.05) is 18.2 Å². The van der Waals surface area contributed by atoms with Gasteiger partial charge >= 0.3 is 12.1 Å². The molecule has 1 aromatic carbocycles. The molecule has 0 saturated heterocycles. The summed E-state index contributed by atoms with van der Waals surface area (Å²) in [5.41, 5.74) is 0.962. The van der Waals surface area contributed by atoms with Crippen molar-refractivity contribution in [1.29, 1.82) is 0 Å². The summed E-state index contributed by atoms with van der Waals surface area (Å²) >= 11 is 0. The van der Waals surface area contributed by atoms with Crippen LogP contribution in [-0.2, 0) is 26.9 Å². The fourth-order valence-corrected chi connectivity index (χ4v) is 3.18. The Bertz CT molecular complexity index is 817. The van der Waals surface area contributed by atoms with Crippen molar-refractivity contribution in [1.82, 2.24) is 15.0 Å². The maximum absolute atomic E-state index is 13.1. The van der Waals surface area contributed by atoms with Crippen LogP contribution in [0.2, 0.25) is 0 Å². The summed E-state index contributed by atoms with van der Waals surface area (Å²) < 4.78 is 50.7. The predicted molar refractivity (Wildman–Crippen MR) is 80.2 cm³/mol. The van der Waals surface area contributed by atoms with E-state index in [2.05, 4.69) is 15.0 Å². The zero-order valence-corrected chi connectivity index (χ0v) is 13.8. The van der Waals surface area contributed by atoms with Gasteiger partial charge in [0.1, 0.15) is 0 Å². The highest BCUT2D eigenvalue weighted by Gasteiger charge is 2.38. The molecule has 2 heterocycles. The van der Waals surface area contributed by atoms with Crippen LogP contribution in [0.15, 0.2) is 18.2 Å². The molecule has 1 aliphatic rings. The highest BCUT2D eigenvalue weighted by molar-refractivity contribution is 5.72. The van der Waals surface area contributed by atoms with E-state index >= 15 is 0 Å². The lowest BCUT2D eigenvalue weighted by molar-refractivity contribution is -0.140. The van der Waals surface area contributed by atoms with Gasteiger partial charge in [-0.05, 0) is 12.1 Å². The molecule has 0 N–H and O–H groups in total. The molecule has 0 amide bonds. The SMILES string of the molecule is COC(=O)Cc1nnn2c1[C@H](C)[C@@H](OC)c1ccc(C(F)(F)F)cc1-2. The van der Waals surface area contributed by atoms with Gasteiger partial charge in [-0.2, -0.15) is 13.2 Å². The molecule has 0 radical (unpaired) electrons. The number of ether oxygens (including phenoxy) is 2. The smallest absolute Gasteiger partial charge is 0.416 e. The highest BCUT2D eigenvalue weighted by atomic mass is 19.4. The Morgan fingerprint density at radius 1 is 1.32 bits per heavy atom. The number of hydrogen-bond acceptors (Lipinski definition) is 5. The van der Waals surface area contributed by atoms with Crippen LogP contribution < -0.4 is 0 Å². The number of alkyl halides is 3. The van der Waals surface area contributed by atoms with Crippen LogP contribution in [0, 0.1) is 0 Å². The van der Waals surface area contributed by atoms with Crippen molar-refractivity contribution >= 4 is 5.97 Å². The first-order valence-corrected chi connectivity index (χ1v) is 7.53. The van der Waals surface area contributed by atoms with Crippen LogP contribution >= 0.6 is 0 Å². The van der Waals surface area contributed by atoms with Crippen molar-refractivity contribution in [2.75, 3.05) is 14.2 Å². The third-order valence-corrected chi connectivity index (χ3v) is 4.35. The molecule has 0 bridgehead atoms. The van der Waals surface area contributed by atoms with E-state index < -0.39 is 23.8 Å². The van der Waals surface area contributed by atoms with Crippen LogP contribution in [0.5, 0.6) is 0 Å². The quantitative estimate of drug-likeness (QED) is 0.792. The Kier molecular flexibility index (Phi) is 4.28. The van der Waals surface area contributed by atoms with E-state index in [1.807, 2.05) is 6.92 Å². The van der Waals surface area contributed by atoms with Gasteiger partial charge in [0, 0.05) is 18.6 Å². The number of hydrogen-bond donors (Lipinski definition) is 0. The van der Waals surface area contributed by atoms with E-state index in [1.165, 1.54) is 25.0 Å². The lowest BCUT2D eigenvalue weighted by Gasteiger charge is -2.31. The lowest BCUT2D eigenvalue weighted by Crippen LogP contribution is -2.24. The van der Waals surface area contributed by atoms with Crippen LogP contribution in [0.3, 0.4) is 0 Å². The maximum atomic E-state index is 13.1. The van der Waals surface area contributed by atoms with Crippen molar-refractivity contribution in [2.45, 2.75) is 31.5 Å². The topological polar surface area (TPSA) is 66.2 Å².